The zero-order valence-corrected chi connectivity index (χ0v) is 19.4. The van der Waals surface area contributed by atoms with E-state index in [0.717, 1.165) is 40.9 Å². The van der Waals surface area contributed by atoms with Crippen LogP contribution in [0.25, 0.3) is 10.9 Å². The number of benzene rings is 1. The van der Waals surface area contributed by atoms with Crippen LogP contribution < -0.4 is 10.3 Å². The summed E-state index contributed by atoms with van der Waals surface area (Å²) >= 11 is 0. The van der Waals surface area contributed by atoms with Crippen LogP contribution in [0.5, 0.6) is 5.75 Å². The molecule has 5 rings (SSSR count). The molecule has 9 nitrogen and oxygen atoms in total. The van der Waals surface area contributed by atoms with Crippen LogP contribution in [0.3, 0.4) is 0 Å². The first-order valence-corrected chi connectivity index (χ1v) is 11.9. The van der Waals surface area contributed by atoms with Crippen molar-refractivity contribution < 1.29 is 4.74 Å². The van der Waals surface area contributed by atoms with Gasteiger partial charge in [0.25, 0.3) is 5.56 Å². The van der Waals surface area contributed by atoms with Crippen molar-refractivity contribution in [3.8, 4) is 5.75 Å². The Morgan fingerprint density at radius 1 is 1.15 bits per heavy atom. The maximum absolute atomic E-state index is 12.9. The third-order valence-electron chi connectivity index (χ3n) is 6.32. The van der Waals surface area contributed by atoms with Gasteiger partial charge in [0.1, 0.15) is 5.75 Å². The molecule has 176 valence electrons. The van der Waals surface area contributed by atoms with E-state index in [1.165, 1.54) is 12.8 Å². The van der Waals surface area contributed by atoms with Crippen molar-refractivity contribution in [3.63, 3.8) is 0 Å². The van der Waals surface area contributed by atoms with Gasteiger partial charge >= 0.3 is 0 Å². The number of ether oxygens (including phenoxy) is 1. The number of hydrogen-bond donors (Lipinski definition) is 1. The van der Waals surface area contributed by atoms with Gasteiger partial charge in [-0.2, -0.15) is 0 Å². The van der Waals surface area contributed by atoms with Crippen molar-refractivity contribution >= 4 is 10.9 Å². The Morgan fingerprint density at radius 3 is 2.82 bits per heavy atom. The van der Waals surface area contributed by atoms with Crippen LogP contribution in [0.1, 0.15) is 55.6 Å². The number of hydrogen-bond acceptors (Lipinski definition) is 7. The molecule has 3 aromatic heterocycles. The molecular formula is C25H29N7O2. The van der Waals surface area contributed by atoms with Gasteiger partial charge in [0.2, 0.25) is 0 Å². The number of nitrogens with one attached hydrogen (secondary N) is 1. The highest BCUT2D eigenvalue weighted by molar-refractivity contribution is 5.80. The van der Waals surface area contributed by atoms with Crippen molar-refractivity contribution in [2.45, 2.75) is 58.3 Å². The Morgan fingerprint density at radius 2 is 2.03 bits per heavy atom. The highest BCUT2D eigenvalue weighted by atomic mass is 16.5. The number of aromatic amines is 1. The van der Waals surface area contributed by atoms with Gasteiger partial charge in [-0.15, -0.1) is 5.10 Å². The van der Waals surface area contributed by atoms with Crippen molar-refractivity contribution in [2.75, 3.05) is 6.61 Å². The minimum atomic E-state index is -0.0942. The molecule has 0 aliphatic heterocycles. The summed E-state index contributed by atoms with van der Waals surface area (Å²) in [6.45, 7) is 4.17. The summed E-state index contributed by atoms with van der Waals surface area (Å²) in [5.41, 5.74) is 2.45. The van der Waals surface area contributed by atoms with Gasteiger partial charge in [0.05, 0.1) is 19.2 Å². The predicted octanol–water partition coefficient (Wildman–Crippen LogP) is 3.63. The fourth-order valence-electron chi connectivity index (χ4n) is 4.71. The number of aromatic nitrogens is 6. The molecule has 1 saturated carbocycles. The zero-order chi connectivity index (χ0) is 23.3. The molecule has 0 radical (unpaired) electrons. The first-order chi connectivity index (χ1) is 16.7. The lowest BCUT2D eigenvalue weighted by Gasteiger charge is -2.22. The topological polar surface area (TPSA) is 102 Å². The summed E-state index contributed by atoms with van der Waals surface area (Å²) in [6, 6.07) is 12.0. The van der Waals surface area contributed by atoms with Crippen LogP contribution in [-0.2, 0) is 19.6 Å². The molecule has 4 aromatic rings. The number of fused-ring (bicyclic) bond motifs is 1. The first kappa shape index (κ1) is 22.2. The third-order valence-corrected chi connectivity index (χ3v) is 6.32. The van der Waals surface area contributed by atoms with E-state index in [1.807, 2.05) is 54.2 Å². The van der Waals surface area contributed by atoms with Crippen molar-refractivity contribution in [1.29, 1.82) is 0 Å². The molecule has 0 atom stereocenters. The molecule has 1 aliphatic rings. The van der Waals surface area contributed by atoms with Crippen molar-refractivity contribution in [3.05, 3.63) is 76.1 Å². The summed E-state index contributed by atoms with van der Waals surface area (Å²) in [4.78, 5) is 22.4. The molecule has 1 fully saturated rings. The van der Waals surface area contributed by atoms with E-state index in [1.54, 1.807) is 6.20 Å². The second-order valence-electron chi connectivity index (χ2n) is 8.79. The lowest BCUT2D eigenvalue weighted by atomic mass is 10.1. The number of rotatable bonds is 9. The molecule has 34 heavy (non-hydrogen) atoms. The molecule has 0 saturated heterocycles. The Labute approximate surface area is 197 Å². The van der Waals surface area contributed by atoms with Gasteiger partial charge in [-0.25, -0.2) is 4.68 Å². The smallest absolute Gasteiger partial charge is 0.252 e. The zero-order valence-electron chi connectivity index (χ0n) is 19.4. The Bertz CT molecular complexity index is 1300. The van der Waals surface area contributed by atoms with E-state index >= 15 is 0 Å². The largest absolute Gasteiger partial charge is 0.494 e. The second-order valence-corrected chi connectivity index (χ2v) is 8.79. The molecule has 0 amide bonds. The van der Waals surface area contributed by atoms with Crippen molar-refractivity contribution in [1.82, 2.24) is 35.1 Å². The average Bonchev–Trinajstić information content (AvgIpc) is 3.53. The Balaban J connectivity index is 1.45. The van der Waals surface area contributed by atoms with E-state index in [-0.39, 0.29) is 5.56 Å². The highest BCUT2D eigenvalue weighted by Gasteiger charge is 2.23. The molecule has 1 N–H and O–H groups in total. The van der Waals surface area contributed by atoms with E-state index < -0.39 is 0 Å². The number of pyridine rings is 2. The van der Waals surface area contributed by atoms with Gasteiger partial charge in [-0.3, -0.25) is 14.7 Å². The summed E-state index contributed by atoms with van der Waals surface area (Å²) in [5.74, 6) is 1.61. The van der Waals surface area contributed by atoms with Crippen LogP contribution in [0.15, 0.2) is 53.6 Å². The predicted molar refractivity (Wildman–Crippen MR) is 128 cm³/mol. The monoisotopic (exact) mass is 459 g/mol. The minimum Gasteiger partial charge on any atom is -0.494 e. The molecule has 0 unspecified atom stereocenters. The number of tetrazole rings is 1. The SMILES string of the molecule is CCOc1ccc2[nH]c(=O)c(CN(Cc3cccnc3)Cc3nnnn3C3CCCC3)cc2c1. The summed E-state index contributed by atoms with van der Waals surface area (Å²) in [5, 5.41) is 13.5. The van der Waals surface area contributed by atoms with Crippen molar-refractivity contribution in [2.24, 2.45) is 0 Å². The highest BCUT2D eigenvalue weighted by Crippen LogP contribution is 2.29. The number of H-pyrrole nitrogens is 1. The molecule has 3 heterocycles. The van der Waals surface area contributed by atoms with Gasteiger partial charge in [-0.1, -0.05) is 18.9 Å². The average molecular weight is 460 g/mol. The lowest BCUT2D eigenvalue weighted by Crippen LogP contribution is -2.28. The van der Waals surface area contributed by atoms with Crippen LogP contribution in [0, 0.1) is 0 Å². The maximum atomic E-state index is 12.9. The fourth-order valence-corrected chi connectivity index (χ4v) is 4.71. The van der Waals surface area contributed by atoms with Gasteiger partial charge in [0.15, 0.2) is 5.82 Å². The lowest BCUT2D eigenvalue weighted by molar-refractivity contribution is 0.231. The second kappa shape index (κ2) is 10.1. The van der Waals surface area contributed by atoms with Gasteiger partial charge < -0.3 is 9.72 Å². The number of nitrogens with zero attached hydrogens (tertiary/aromatic N) is 6. The summed E-state index contributed by atoms with van der Waals surface area (Å²) in [7, 11) is 0. The summed E-state index contributed by atoms with van der Waals surface area (Å²) < 4.78 is 7.62. The Kier molecular flexibility index (Phi) is 6.62. The normalized spacial score (nSPS) is 14.3. The maximum Gasteiger partial charge on any atom is 0.252 e. The van der Waals surface area contributed by atoms with Gasteiger partial charge in [0, 0.05) is 41.9 Å². The molecule has 9 heteroatoms. The molecule has 1 aliphatic carbocycles. The van der Waals surface area contributed by atoms with Crippen LogP contribution in [0.2, 0.25) is 0 Å². The van der Waals surface area contributed by atoms with E-state index in [4.69, 9.17) is 4.74 Å². The van der Waals surface area contributed by atoms with Crippen LogP contribution in [-0.4, -0.2) is 41.7 Å². The van der Waals surface area contributed by atoms with E-state index in [9.17, 15) is 4.79 Å². The van der Waals surface area contributed by atoms with E-state index in [2.05, 4.69) is 30.4 Å². The minimum absolute atomic E-state index is 0.0942. The standard InChI is InChI=1S/C25H29N7O2/c1-2-34-22-9-10-23-19(13-22)12-20(25(33)27-23)16-31(15-18-6-5-11-26-14-18)17-24-28-29-30-32(24)21-7-3-4-8-21/h5-6,9-14,21H,2-4,7-8,15-17H2,1H3,(H,27,33). The van der Waals surface area contributed by atoms with Gasteiger partial charge in [-0.05, 0) is 66.1 Å². The summed E-state index contributed by atoms with van der Waals surface area (Å²) in [6.07, 6.45) is 8.24. The third kappa shape index (κ3) is 4.99. The molecular weight excluding hydrogens is 430 g/mol. The molecule has 0 bridgehead atoms. The van der Waals surface area contributed by atoms with Crippen LogP contribution in [0.4, 0.5) is 0 Å². The first-order valence-electron chi connectivity index (χ1n) is 11.9. The quantitative estimate of drug-likeness (QED) is 0.408. The molecule has 0 spiro atoms. The van der Waals surface area contributed by atoms with Crippen LogP contribution >= 0.6 is 0 Å². The van der Waals surface area contributed by atoms with E-state index in [0.29, 0.717) is 37.8 Å². The molecule has 1 aromatic carbocycles. The fraction of sp³-hybridized carbons (Fsp3) is 0.400. The Hall–Kier alpha value is -3.59.